The number of hydrogen-bond donors (Lipinski definition) is 1. The van der Waals surface area contributed by atoms with Gasteiger partial charge in [0.2, 0.25) is 11.8 Å². The Kier molecular flexibility index (Phi) is 7.70. The molecule has 2 amide bonds. The number of para-hydroxylation sites is 1. The molecule has 31 heavy (non-hydrogen) atoms. The molecule has 0 aliphatic carbocycles. The van der Waals surface area contributed by atoms with E-state index in [1.807, 2.05) is 4.90 Å². The Bertz CT molecular complexity index is 935. The smallest absolute Gasteiger partial charge is 0.238 e. The predicted molar refractivity (Wildman–Crippen MR) is 119 cm³/mol. The normalized spacial score (nSPS) is 14.0. The van der Waals surface area contributed by atoms with Crippen LogP contribution in [0.15, 0.2) is 42.5 Å². The van der Waals surface area contributed by atoms with Gasteiger partial charge in [-0.05, 0) is 37.4 Å². The van der Waals surface area contributed by atoms with Crippen LogP contribution in [0, 0.1) is 5.82 Å². The minimum atomic E-state index is -0.278. The van der Waals surface area contributed by atoms with E-state index >= 15 is 0 Å². The number of carbonyl (C=O) groups is 2. The summed E-state index contributed by atoms with van der Waals surface area (Å²) in [6.07, 6.45) is 0. The molecule has 166 valence electrons. The number of nitrogens with one attached hydrogen (secondary N) is 1. The summed E-state index contributed by atoms with van der Waals surface area (Å²) < 4.78 is 19.2. The molecule has 0 aromatic heterocycles. The van der Waals surface area contributed by atoms with E-state index in [1.165, 1.54) is 13.2 Å². The third kappa shape index (κ3) is 6.08. The highest BCUT2D eigenvalue weighted by Gasteiger charge is 2.24. The average Bonchev–Trinajstić information content (AvgIpc) is 2.74. The van der Waals surface area contributed by atoms with Crippen LogP contribution >= 0.6 is 11.6 Å². The molecular weight excluding hydrogens is 423 g/mol. The lowest BCUT2D eigenvalue weighted by molar-refractivity contribution is -0.132. The Morgan fingerprint density at radius 2 is 1.84 bits per heavy atom. The number of amides is 2. The Balaban J connectivity index is 1.47. The molecule has 1 heterocycles. The van der Waals surface area contributed by atoms with Crippen LogP contribution in [0.3, 0.4) is 0 Å². The molecule has 9 heteroatoms. The lowest BCUT2D eigenvalue weighted by atomic mass is 10.2. The maximum Gasteiger partial charge on any atom is 0.238 e. The number of carbonyl (C=O) groups excluding carboxylic acids is 2. The summed E-state index contributed by atoms with van der Waals surface area (Å²) in [6, 6.07) is 11.6. The zero-order valence-electron chi connectivity index (χ0n) is 17.6. The van der Waals surface area contributed by atoms with Gasteiger partial charge >= 0.3 is 0 Å². The molecule has 2 aromatic carbocycles. The van der Waals surface area contributed by atoms with Gasteiger partial charge in [-0.2, -0.15) is 0 Å². The molecule has 0 bridgehead atoms. The molecule has 2 aromatic rings. The van der Waals surface area contributed by atoms with Gasteiger partial charge < -0.3 is 19.9 Å². The van der Waals surface area contributed by atoms with Gasteiger partial charge in [0.1, 0.15) is 11.6 Å². The number of methoxy groups -OCH3 is 1. The van der Waals surface area contributed by atoms with Gasteiger partial charge in [0, 0.05) is 31.2 Å². The maximum atomic E-state index is 14.0. The highest BCUT2D eigenvalue weighted by atomic mass is 35.5. The molecular formula is C22H26ClFN4O3. The fourth-order valence-corrected chi connectivity index (χ4v) is 3.68. The second-order valence-corrected chi connectivity index (χ2v) is 7.82. The summed E-state index contributed by atoms with van der Waals surface area (Å²) in [6.45, 7) is 2.28. The second kappa shape index (κ2) is 10.5. The third-order valence-corrected chi connectivity index (χ3v) is 5.31. The second-order valence-electron chi connectivity index (χ2n) is 7.38. The molecule has 1 saturated heterocycles. The fraction of sp³-hybridized carbons (Fsp3) is 0.364. The van der Waals surface area contributed by atoms with E-state index in [0.717, 1.165) is 0 Å². The van der Waals surface area contributed by atoms with Crippen molar-refractivity contribution in [2.45, 2.75) is 0 Å². The number of likely N-dealkylation sites (N-methyl/N-ethyl adjacent to an activating group) is 1. The molecule has 7 nitrogen and oxygen atoms in total. The maximum absolute atomic E-state index is 14.0. The van der Waals surface area contributed by atoms with Gasteiger partial charge in [0.15, 0.2) is 0 Å². The highest BCUT2D eigenvalue weighted by molar-refractivity contribution is 6.31. The van der Waals surface area contributed by atoms with Gasteiger partial charge in [0.05, 0.1) is 31.6 Å². The quantitative estimate of drug-likeness (QED) is 0.705. The number of rotatable bonds is 7. The number of ether oxygens (including phenoxy) is 1. The van der Waals surface area contributed by atoms with Crippen molar-refractivity contribution in [2.75, 3.05) is 63.6 Å². The van der Waals surface area contributed by atoms with Crippen LogP contribution in [0.25, 0.3) is 0 Å². The first-order valence-electron chi connectivity index (χ1n) is 9.96. The van der Waals surface area contributed by atoms with E-state index < -0.39 is 0 Å². The first kappa shape index (κ1) is 22.8. The van der Waals surface area contributed by atoms with Gasteiger partial charge in [-0.3, -0.25) is 14.5 Å². The number of benzene rings is 2. The zero-order chi connectivity index (χ0) is 22.4. The Morgan fingerprint density at radius 1 is 1.13 bits per heavy atom. The summed E-state index contributed by atoms with van der Waals surface area (Å²) in [5.74, 6) is -0.0994. The highest BCUT2D eigenvalue weighted by Crippen LogP contribution is 2.27. The van der Waals surface area contributed by atoms with Crippen molar-refractivity contribution in [3.63, 3.8) is 0 Å². The molecule has 0 spiro atoms. The van der Waals surface area contributed by atoms with E-state index in [0.29, 0.717) is 48.3 Å². The molecule has 1 aliphatic heterocycles. The third-order valence-electron chi connectivity index (χ3n) is 5.08. The zero-order valence-corrected chi connectivity index (χ0v) is 18.4. The van der Waals surface area contributed by atoms with E-state index in [9.17, 15) is 14.0 Å². The van der Waals surface area contributed by atoms with E-state index in [-0.39, 0.29) is 30.7 Å². The summed E-state index contributed by atoms with van der Waals surface area (Å²) in [5.41, 5.74) is 1.03. The molecule has 0 unspecified atom stereocenters. The van der Waals surface area contributed by atoms with Crippen molar-refractivity contribution in [3.8, 4) is 5.75 Å². The van der Waals surface area contributed by atoms with Crippen LogP contribution in [0.1, 0.15) is 0 Å². The van der Waals surface area contributed by atoms with Gasteiger partial charge in [-0.1, -0.05) is 23.7 Å². The van der Waals surface area contributed by atoms with Crippen molar-refractivity contribution in [3.05, 3.63) is 53.3 Å². The summed E-state index contributed by atoms with van der Waals surface area (Å²) >= 11 is 5.98. The molecule has 1 aliphatic rings. The fourth-order valence-electron chi connectivity index (χ4n) is 3.50. The molecule has 0 atom stereocenters. The van der Waals surface area contributed by atoms with Crippen molar-refractivity contribution in [1.82, 2.24) is 9.80 Å². The Hall–Kier alpha value is -2.84. The number of hydrogen-bond acceptors (Lipinski definition) is 5. The van der Waals surface area contributed by atoms with E-state index in [1.54, 1.807) is 53.2 Å². The van der Waals surface area contributed by atoms with Crippen LogP contribution in [0.4, 0.5) is 15.8 Å². The summed E-state index contributed by atoms with van der Waals surface area (Å²) in [4.78, 5) is 30.3. The monoisotopic (exact) mass is 448 g/mol. The van der Waals surface area contributed by atoms with Crippen LogP contribution in [-0.4, -0.2) is 75.0 Å². The SMILES string of the molecule is COc1ccc(Cl)cc1NC(=O)CN(C)CC(=O)N1CCN(c2ccccc2F)CC1. The van der Waals surface area contributed by atoms with Crippen LogP contribution in [-0.2, 0) is 9.59 Å². The standard InChI is InChI=1S/C22H26ClFN4O3/c1-26(14-21(29)25-18-13-16(23)7-8-20(18)31-2)15-22(30)28-11-9-27(10-12-28)19-6-4-3-5-17(19)24/h3-8,13H,9-12,14-15H2,1-2H3,(H,25,29). The average molecular weight is 449 g/mol. The summed E-state index contributed by atoms with van der Waals surface area (Å²) in [5, 5.41) is 3.24. The lowest BCUT2D eigenvalue weighted by Crippen LogP contribution is -2.51. The predicted octanol–water partition coefficient (Wildman–Crippen LogP) is 2.71. The first-order valence-corrected chi connectivity index (χ1v) is 10.3. The number of piperazine rings is 1. The van der Waals surface area contributed by atoms with E-state index in [4.69, 9.17) is 16.3 Å². The minimum absolute atomic E-state index is 0.0383. The molecule has 3 rings (SSSR count). The van der Waals surface area contributed by atoms with E-state index in [2.05, 4.69) is 5.32 Å². The van der Waals surface area contributed by atoms with Gasteiger partial charge in [-0.15, -0.1) is 0 Å². The number of nitrogens with zero attached hydrogens (tertiary/aromatic N) is 3. The van der Waals surface area contributed by atoms with Crippen molar-refractivity contribution >= 4 is 34.8 Å². The number of halogens is 2. The Labute approximate surface area is 186 Å². The molecule has 1 fully saturated rings. The van der Waals surface area contributed by atoms with Crippen molar-refractivity contribution in [1.29, 1.82) is 0 Å². The lowest BCUT2D eigenvalue weighted by Gasteiger charge is -2.36. The van der Waals surface area contributed by atoms with Crippen LogP contribution in [0.5, 0.6) is 5.75 Å². The van der Waals surface area contributed by atoms with Crippen LogP contribution in [0.2, 0.25) is 5.02 Å². The van der Waals surface area contributed by atoms with Crippen molar-refractivity contribution in [2.24, 2.45) is 0 Å². The Morgan fingerprint density at radius 3 is 2.52 bits per heavy atom. The summed E-state index contributed by atoms with van der Waals surface area (Å²) in [7, 11) is 3.22. The van der Waals surface area contributed by atoms with Crippen molar-refractivity contribution < 1.29 is 18.7 Å². The van der Waals surface area contributed by atoms with Gasteiger partial charge in [-0.25, -0.2) is 4.39 Å². The molecule has 0 saturated carbocycles. The van der Waals surface area contributed by atoms with Gasteiger partial charge in [0.25, 0.3) is 0 Å². The first-order chi connectivity index (χ1) is 14.9. The molecule has 0 radical (unpaired) electrons. The largest absolute Gasteiger partial charge is 0.495 e. The minimum Gasteiger partial charge on any atom is -0.495 e. The van der Waals surface area contributed by atoms with Crippen LogP contribution < -0.4 is 15.0 Å². The topological polar surface area (TPSA) is 65.1 Å². The number of anilines is 2. The molecule has 1 N–H and O–H groups in total.